The van der Waals surface area contributed by atoms with E-state index in [9.17, 15) is 10.1 Å². The van der Waals surface area contributed by atoms with Crippen LogP contribution in [0.4, 0.5) is 11.5 Å². The first-order valence-electron chi connectivity index (χ1n) is 5.52. The number of rotatable bonds is 4. The number of hydrogen-bond donors (Lipinski definition) is 1. The number of benzene rings is 1. The summed E-state index contributed by atoms with van der Waals surface area (Å²) in [5.74, 6) is 0.561. The number of anilines is 1. The van der Waals surface area contributed by atoms with Gasteiger partial charge in [-0.3, -0.25) is 10.1 Å². The lowest BCUT2D eigenvalue weighted by molar-refractivity contribution is -0.384. The van der Waals surface area contributed by atoms with Crippen LogP contribution in [0, 0.1) is 21.4 Å². The predicted octanol–water partition coefficient (Wildman–Crippen LogP) is 2.47. The molecule has 1 aromatic heterocycles. The molecular formula is C13H10N4O2. The largest absolute Gasteiger partial charge is 0.366 e. The summed E-state index contributed by atoms with van der Waals surface area (Å²) in [7, 11) is 0. The molecule has 1 N–H and O–H groups in total. The zero-order valence-electron chi connectivity index (χ0n) is 9.91. The van der Waals surface area contributed by atoms with E-state index < -0.39 is 4.92 Å². The van der Waals surface area contributed by atoms with Crippen LogP contribution in [0.2, 0.25) is 0 Å². The van der Waals surface area contributed by atoms with Crippen molar-refractivity contribution in [3.63, 3.8) is 0 Å². The molecule has 1 aromatic carbocycles. The third-order valence-corrected chi connectivity index (χ3v) is 2.48. The molecule has 0 saturated carbocycles. The minimum Gasteiger partial charge on any atom is -0.366 e. The molecule has 0 bridgehead atoms. The third-order valence-electron chi connectivity index (χ3n) is 2.48. The Kier molecular flexibility index (Phi) is 3.69. The molecular weight excluding hydrogens is 244 g/mol. The molecule has 2 rings (SSSR count). The van der Waals surface area contributed by atoms with Crippen molar-refractivity contribution in [2.24, 2.45) is 0 Å². The highest BCUT2D eigenvalue weighted by Gasteiger charge is 2.05. The Morgan fingerprint density at radius 1 is 1.37 bits per heavy atom. The second kappa shape index (κ2) is 5.60. The van der Waals surface area contributed by atoms with Gasteiger partial charge >= 0.3 is 0 Å². The average molecular weight is 254 g/mol. The average Bonchev–Trinajstić information content (AvgIpc) is 2.45. The van der Waals surface area contributed by atoms with Crippen molar-refractivity contribution >= 4 is 11.5 Å². The predicted molar refractivity (Wildman–Crippen MR) is 69.4 cm³/mol. The Morgan fingerprint density at radius 3 is 2.95 bits per heavy atom. The lowest BCUT2D eigenvalue weighted by atomic mass is 10.2. The van der Waals surface area contributed by atoms with Gasteiger partial charge in [0.15, 0.2) is 0 Å². The Hall–Kier alpha value is -2.94. The molecule has 0 atom stereocenters. The first-order valence-corrected chi connectivity index (χ1v) is 5.52. The second-order valence-corrected chi connectivity index (χ2v) is 3.82. The van der Waals surface area contributed by atoms with Crippen molar-refractivity contribution in [2.75, 3.05) is 5.32 Å². The zero-order valence-corrected chi connectivity index (χ0v) is 9.91. The molecule has 94 valence electrons. The van der Waals surface area contributed by atoms with Gasteiger partial charge in [-0.2, -0.15) is 5.26 Å². The highest BCUT2D eigenvalue weighted by Crippen LogP contribution is 2.14. The van der Waals surface area contributed by atoms with Crippen LogP contribution in [-0.2, 0) is 6.54 Å². The van der Waals surface area contributed by atoms with Gasteiger partial charge in [0.05, 0.1) is 16.6 Å². The van der Waals surface area contributed by atoms with E-state index in [0.29, 0.717) is 17.9 Å². The summed E-state index contributed by atoms with van der Waals surface area (Å²) in [6.45, 7) is 0.406. The van der Waals surface area contributed by atoms with Crippen LogP contribution in [0.1, 0.15) is 11.1 Å². The Bertz CT molecular complexity index is 649. The molecule has 0 radical (unpaired) electrons. The van der Waals surface area contributed by atoms with Gasteiger partial charge in [0.25, 0.3) is 5.69 Å². The topological polar surface area (TPSA) is 91.8 Å². The molecule has 1 heterocycles. The fraction of sp³-hybridized carbons (Fsp3) is 0.0769. The second-order valence-electron chi connectivity index (χ2n) is 3.82. The van der Waals surface area contributed by atoms with Gasteiger partial charge in [0.2, 0.25) is 0 Å². The van der Waals surface area contributed by atoms with Crippen LogP contribution in [-0.4, -0.2) is 9.91 Å². The molecule has 0 fully saturated rings. The molecule has 0 aliphatic rings. The molecule has 0 amide bonds. The van der Waals surface area contributed by atoms with Crippen molar-refractivity contribution in [1.29, 1.82) is 5.26 Å². The fourth-order valence-electron chi connectivity index (χ4n) is 1.57. The molecule has 0 aliphatic heterocycles. The number of non-ortho nitro benzene ring substituents is 1. The van der Waals surface area contributed by atoms with E-state index in [1.807, 2.05) is 6.07 Å². The van der Waals surface area contributed by atoms with Gasteiger partial charge in [-0.05, 0) is 17.7 Å². The lowest BCUT2D eigenvalue weighted by Crippen LogP contribution is -2.02. The molecule has 19 heavy (non-hydrogen) atoms. The number of pyridine rings is 1. The van der Waals surface area contributed by atoms with E-state index in [1.54, 1.807) is 24.3 Å². The summed E-state index contributed by atoms with van der Waals surface area (Å²) in [5, 5.41) is 22.4. The molecule has 0 saturated heterocycles. The van der Waals surface area contributed by atoms with E-state index in [0.717, 1.165) is 5.56 Å². The van der Waals surface area contributed by atoms with Gasteiger partial charge in [-0.25, -0.2) is 4.98 Å². The summed E-state index contributed by atoms with van der Waals surface area (Å²) < 4.78 is 0. The Balaban J connectivity index is 2.08. The quantitative estimate of drug-likeness (QED) is 0.668. The first-order chi connectivity index (χ1) is 9.19. The molecule has 0 aliphatic carbocycles. The lowest BCUT2D eigenvalue weighted by Gasteiger charge is -2.05. The van der Waals surface area contributed by atoms with E-state index in [1.165, 1.54) is 18.3 Å². The van der Waals surface area contributed by atoms with Gasteiger partial charge in [-0.1, -0.05) is 12.1 Å². The number of nitrogens with one attached hydrogen (secondary N) is 1. The molecule has 2 aromatic rings. The summed E-state index contributed by atoms with van der Waals surface area (Å²) in [4.78, 5) is 14.3. The van der Waals surface area contributed by atoms with Crippen molar-refractivity contribution in [3.05, 3.63) is 63.8 Å². The van der Waals surface area contributed by atoms with Crippen LogP contribution in [0.3, 0.4) is 0 Å². The normalized spacial score (nSPS) is 9.63. The molecule has 0 unspecified atom stereocenters. The third kappa shape index (κ3) is 3.26. The standard InChI is InChI=1S/C13H10N4O2/c14-8-10-4-5-15-13(7-10)16-9-11-2-1-3-12(6-11)17(18)19/h1-7H,9H2,(H,15,16). The van der Waals surface area contributed by atoms with E-state index in [2.05, 4.69) is 10.3 Å². The van der Waals surface area contributed by atoms with Crippen LogP contribution in [0.5, 0.6) is 0 Å². The van der Waals surface area contributed by atoms with E-state index >= 15 is 0 Å². The van der Waals surface area contributed by atoms with E-state index in [-0.39, 0.29) is 5.69 Å². The molecule has 0 spiro atoms. The van der Waals surface area contributed by atoms with Crippen LogP contribution in [0.15, 0.2) is 42.6 Å². The van der Waals surface area contributed by atoms with E-state index in [4.69, 9.17) is 5.26 Å². The number of nitro groups is 1. The summed E-state index contributed by atoms with van der Waals surface area (Å²) in [5.41, 5.74) is 1.34. The first kappa shape index (κ1) is 12.5. The summed E-state index contributed by atoms with van der Waals surface area (Å²) in [6, 6.07) is 11.6. The van der Waals surface area contributed by atoms with Crippen LogP contribution in [0.25, 0.3) is 0 Å². The maximum Gasteiger partial charge on any atom is 0.269 e. The zero-order chi connectivity index (χ0) is 13.7. The number of nitrogens with zero attached hydrogens (tertiary/aromatic N) is 3. The number of aromatic nitrogens is 1. The van der Waals surface area contributed by atoms with Gasteiger partial charge < -0.3 is 5.32 Å². The van der Waals surface area contributed by atoms with Crippen molar-refractivity contribution in [1.82, 2.24) is 4.98 Å². The monoisotopic (exact) mass is 254 g/mol. The highest BCUT2D eigenvalue weighted by molar-refractivity contribution is 5.43. The minimum absolute atomic E-state index is 0.0537. The van der Waals surface area contributed by atoms with Crippen LogP contribution < -0.4 is 5.32 Å². The number of nitro benzene ring substituents is 1. The van der Waals surface area contributed by atoms with Crippen molar-refractivity contribution in [3.8, 4) is 6.07 Å². The van der Waals surface area contributed by atoms with Crippen molar-refractivity contribution < 1.29 is 4.92 Å². The van der Waals surface area contributed by atoms with Gasteiger partial charge in [-0.15, -0.1) is 0 Å². The summed E-state index contributed by atoms with van der Waals surface area (Å²) >= 11 is 0. The Morgan fingerprint density at radius 2 is 2.21 bits per heavy atom. The van der Waals surface area contributed by atoms with Gasteiger partial charge in [0, 0.05) is 24.9 Å². The van der Waals surface area contributed by atoms with Crippen molar-refractivity contribution in [2.45, 2.75) is 6.54 Å². The minimum atomic E-state index is -0.432. The molecule has 6 nitrogen and oxygen atoms in total. The summed E-state index contributed by atoms with van der Waals surface area (Å²) in [6.07, 6.45) is 1.54. The number of nitriles is 1. The van der Waals surface area contributed by atoms with Gasteiger partial charge in [0.1, 0.15) is 5.82 Å². The molecule has 6 heteroatoms. The SMILES string of the molecule is N#Cc1ccnc(NCc2cccc([N+](=O)[O-])c2)c1. The maximum atomic E-state index is 10.6. The number of hydrogen-bond acceptors (Lipinski definition) is 5. The smallest absolute Gasteiger partial charge is 0.269 e. The highest BCUT2D eigenvalue weighted by atomic mass is 16.6. The van der Waals surface area contributed by atoms with Crippen LogP contribution >= 0.6 is 0 Å². The Labute approximate surface area is 109 Å². The fourth-order valence-corrected chi connectivity index (χ4v) is 1.57. The maximum absolute atomic E-state index is 10.6.